The van der Waals surface area contributed by atoms with Gasteiger partial charge < -0.3 is 15.8 Å². The lowest BCUT2D eigenvalue weighted by atomic mass is 10.1. The maximum atomic E-state index is 13.0. The van der Waals surface area contributed by atoms with Gasteiger partial charge in [-0.05, 0) is 55.2 Å². The molecule has 0 atom stereocenters. The van der Waals surface area contributed by atoms with Crippen LogP contribution in [-0.2, 0) is 21.2 Å². The summed E-state index contributed by atoms with van der Waals surface area (Å²) in [5, 5.41) is 2.69. The second kappa shape index (κ2) is 9.93. The molecule has 0 spiro atoms. The number of sulfonamides is 1. The highest BCUT2D eigenvalue weighted by atomic mass is 32.2. The van der Waals surface area contributed by atoms with Crippen molar-refractivity contribution in [3.63, 3.8) is 0 Å². The van der Waals surface area contributed by atoms with Gasteiger partial charge in [0.2, 0.25) is 15.9 Å². The van der Waals surface area contributed by atoms with Gasteiger partial charge in [0.15, 0.2) is 0 Å². The van der Waals surface area contributed by atoms with E-state index < -0.39 is 15.9 Å². The number of carbonyl (C=O) groups is 2. The molecule has 31 heavy (non-hydrogen) atoms. The normalized spacial score (nSPS) is 14.7. The van der Waals surface area contributed by atoms with E-state index in [9.17, 15) is 18.0 Å². The Morgan fingerprint density at radius 2 is 1.81 bits per heavy atom. The first-order valence-electron chi connectivity index (χ1n) is 10.2. The highest BCUT2D eigenvalue weighted by Crippen LogP contribution is 2.27. The van der Waals surface area contributed by atoms with E-state index >= 15 is 0 Å². The highest BCUT2D eigenvalue weighted by molar-refractivity contribution is 7.89. The van der Waals surface area contributed by atoms with Gasteiger partial charge in [0.05, 0.1) is 23.3 Å². The van der Waals surface area contributed by atoms with Crippen molar-refractivity contribution >= 4 is 27.5 Å². The first-order chi connectivity index (χ1) is 14.8. The van der Waals surface area contributed by atoms with Gasteiger partial charge >= 0.3 is 0 Å². The standard InChI is InChI=1S/C22H27N3O5S/c1-30-20-11-10-17(31(28,29)25-13-5-2-6-14-25)15-16(20)9-12-21(26)24-19-8-4-3-7-18(19)22(23)27/h3-4,7-8,10-11,15H,2,5-6,9,12-14H2,1H3,(H2,23,27)(H,24,26). The third-order valence-electron chi connectivity index (χ3n) is 5.29. The first-order valence-corrected chi connectivity index (χ1v) is 11.6. The minimum atomic E-state index is -3.59. The Balaban J connectivity index is 1.74. The minimum absolute atomic E-state index is 0.0800. The molecular formula is C22H27N3O5S. The number of carbonyl (C=O) groups excluding carboxylic acids is 2. The van der Waals surface area contributed by atoms with Crippen LogP contribution in [0.25, 0.3) is 0 Å². The van der Waals surface area contributed by atoms with Crippen molar-refractivity contribution in [3.05, 3.63) is 53.6 Å². The zero-order chi connectivity index (χ0) is 22.4. The van der Waals surface area contributed by atoms with Crippen molar-refractivity contribution < 1.29 is 22.7 Å². The average molecular weight is 446 g/mol. The topological polar surface area (TPSA) is 119 Å². The molecule has 8 nitrogen and oxygen atoms in total. The van der Waals surface area contributed by atoms with E-state index in [0.29, 0.717) is 30.1 Å². The van der Waals surface area contributed by atoms with Crippen LogP contribution in [0.2, 0.25) is 0 Å². The number of para-hydroxylation sites is 1. The number of hydrogen-bond acceptors (Lipinski definition) is 5. The van der Waals surface area contributed by atoms with Crippen molar-refractivity contribution in [3.8, 4) is 5.75 Å². The zero-order valence-electron chi connectivity index (χ0n) is 17.5. The number of benzene rings is 2. The number of nitrogens with zero attached hydrogens (tertiary/aromatic N) is 1. The van der Waals surface area contributed by atoms with E-state index in [4.69, 9.17) is 10.5 Å². The summed E-state index contributed by atoms with van der Waals surface area (Å²) in [6, 6.07) is 11.2. The second-order valence-electron chi connectivity index (χ2n) is 7.40. The van der Waals surface area contributed by atoms with Gasteiger partial charge in [-0.25, -0.2) is 8.42 Å². The summed E-state index contributed by atoms with van der Waals surface area (Å²) in [6.45, 7) is 1.04. The number of ether oxygens (including phenoxy) is 1. The Kier molecular flexibility index (Phi) is 7.29. The monoisotopic (exact) mass is 445 g/mol. The molecule has 1 aliphatic heterocycles. The molecule has 1 saturated heterocycles. The van der Waals surface area contributed by atoms with Gasteiger partial charge in [0, 0.05) is 19.5 Å². The van der Waals surface area contributed by atoms with Crippen molar-refractivity contribution in [2.75, 3.05) is 25.5 Å². The molecule has 0 bridgehead atoms. The van der Waals surface area contributed by atoms with Crippen molar-refractivity contribution in [2.24, 2.45) is 5.73 Å². The van der Waals surface area contributed by atoms with Crippen LogP contribution >= 0.6 is 0 Å². The summed E-state index contributed by atoms with van der Waals surface area (Å²) >= 11 is 0. The number of anilines is 1. The van der Waals surface area contributed by atoms with Gasteiger partial charge in [-0.1, -0.05) is 18.6 Å². The van der Waals surface area contributed by atoms with E-state index in [1.165, 1.54) is 23.5 Å². The average Bonchev–Trinajstić information content (AvgIpc) is 2.78. The Morgan fingerprint density at radius 1 is 1.10 bits per heavy atom. The summed E-state index contributed by atoms with van der Waals surface area (Å²) in [5.41, 5.74) is 6.53. The zero-order valence-corrected chi connectivity index (χ0v) is 18.3. The molecule has 1 heterocycles. The fourth-order valence-corrected chi connectivity index (χ4v) is 5.20. The Morgan fingerprint density at radius 3 is 2.48 bits per heavy atom. The largest absolute Gasteiger partial charge is 0.496 e. The molecule has 2 aromatic rings. The molecule has 0 radical (unpaired) electrons. The van der Waals surface area contributed by atoms with Crippen LogP contribution < -0.4 is 15.8 Å². The molecule has 0 unspecified atom stereocenters. The fourth-order valence-electron chi connectivity index (χ4n) is 3.63. The lowest BCUT2D eigenvalue weighted by Crippen LogP contribution is -2.35. The molecule has 9 heteroatoms. The number of amides is 2. The summed E-state index contributed by atoms with van der Waals surface area (Å²) in [5.74, 6) is -0.434. The highest BCUT2D eigenvalue weighted by Gasteiger charge is 2.26. The molecule has 3 rings (SSSR count). The van der Waals surface area contributed by atoms with Crippen LogP contribution in [0.15, 0.2) is 47.4 Å². The molecular weight excluding hydrogens is 418 g/mol. The number of hydrogen-bond donors (Lipinski definition) is 2. The third kappa shape index (κ3) is 5.42. The van der Waals surface area contributed by atoms with E-state index in [-0.39, 0.29) is 29.2 Å². The molecule has 166 valence electrons. The molecule has 2 amide bonds. The van der Waals surface area contributed by atoms with Crippen LogP contribution in [0.5, 0.6) is 5.75 Å². The smallest absolute Gasteiger partial charge is 0.250 e. The van der Waals surface area contributed by atoms with Gasteiger partial charge in [0.25, 0.3) is 5.91 Å². The molecule has 0 aliphatic carbocycles. The Bertz CT molecular complexity index is 1060. The Hall–Kier alpha value is -2.91. The molecule has 3 N–H and O–H groups in total. The molecule has 1 aliphatic rings. The summed E-state index contributed by atoms with van der Waals surface area (Å²) in [7, 11) is -2.09. The quantitative estimate of drug-likeness (QED) is 0.647. The number of piperidine rings is 1. The van der Waals surface area contributed by atoms with E-state index in [0.717, 1.165) is 19.3 Å². The van der Waals surface area contributed by atoms with Crippen LogP contribution in [-0.4, -0.2) is 44.7 Å². The van der Waals surface area contributed by atoms with E-state index in [2.05, 4.69) is 5.32 Å². The van der Waals surface area contributed by atoms with E-state index in [1.54, 1.807) is 30.3 Å². The number of methoxy groups -OCH3 is 1. The van der Waals surface area contributed by atoms with Crippen LogP contribution in [0.1, 0.15) is 41.6 Å². The molecule has 0 aromatic heterocycles. The number of aryl methyl sites for hydroxylation is 1. The van der Waals surface area contributed by atoms with Crippen LogP contribution in [0.3, 0.4) is 0 Å². The van der Waals surface area contributed by atoms with Gasteiger partial charge in [-0.2, -0.15) is 4.31 Å². The lowest BCUT2D eigenvalue weighted by Gasteiger charge is -2.26. The second-order valence-corrected chi connectivity index (χ2v) is 9.33. The van der Waals surface area contributed by atoms with Crippen molar-refractivity contribution in [1.29, 1.82) is 0 Å². The number of nitrogens with two attached hydrogens (primary N) is 1. The maximum absolute atomic E-state index is 13.0. The van der Waals surface area contributed by atoms with Crippen molar-refractivity contribution in [2.45, 2.75) is 37.0 Å². The Labute approximate surface area is 182 Å². The lowest BCUT2D eigenvalue weighted by molar-refractivity contribution is -0.116. The minimum Gasteiger partial charge on any atom is -0.496 e. The van der Waals surface area contributed by atoms with Gasteiger partial charge in [-0.15, -0.1) is 0 Å². The van der Waals surface area contributed by atoms with Crippen molar-refractivity contribution in [1.82, 2.24) is 4.31 Å². The summed E-state index contributed by atoms with van der Waals surface area (Å²) in [4.78, 5) is 24.2. The fraction of sp³-hybridized carbons (Fsp3) is 0.364. The summed E-state index contributed by atoms with van der Waals surface area (Å²) < 4.78 is 32.8. The molecule has 1 fully saturated rings. The van der Waals surface area contributed by atoms with Gasteiger partial charge in [0.1, 0.15) is 5.75 Å². The number of rotatable bonds is 8. The van der Waals surface area contributed by atoms with Gasteiger partial charge in [-0.3, -0.25) is 9.59 Å². The molecule has 0 saturated carbocycles. The maximum Gasteiger partial charge on any atom is 0.250 e. The third-order valence-corrected chi connectivity index (χ3v) is 7.19. The molecule has 2 aromatic carbocycles. The number of nitrogens with one attached hydrogen (secondary N) is 1. The summed E-state index contributed by atoms with van der Waals surface area (Å²) in [6.07, 6.45) is 3.10. The predicted octanol–water partition coefficient (Wildman–Crippen LogP) is 2.54. The predicted molar refractivity (Wildman–Crippen MR) is 118 cm³/mol. The SMILES string of the molecule is COc1ccc(S(=O)(=O)N2CCCCC2)cc1CCC(=O)Nc1ccccc1C(N)=O. The first kappa shape index (κ1) is 22.8. The van der Waals surface area contributed by atoms with E-state index in [1.807, 2.05) is 0 Å². The van der Waals surface area contributed by atoms with Crippen LogP contribution in [0.4, 0.5) is 5.69 Å². The number of primary amides is 1. The van der Waals surface area contributed by atoms with Crippen LogP contribution in [0, 0.1) is 0 Å².